The van der Waals surface area contributed by atoms with Gasteiger partial charge in [0.2, 0.25) is 5.72 Å². The molecule has 2 N–H and O–H groups in total. The molecule has 1 aliphatic rings. The highest BCUT2D eigenvalue weighted by atomic mass is 16.7. The van der Waals surface area contributed by atoms with Crippen LogP contribution in [0.4, 0.5) is 0 Å². The van der Waals surface area contributed by atoms with Crippen LogP contribution in [-0.4, -0.2) is 37.3 Å². The van der Waals surface area contributed by atoms with Crippen molar-refractivity contribution in [3.05, 3.63) is 45.1 Å². The van der Waals surface area contributed by atoms with Crippen molar-refractivity contribution in [1.82, 2.24) is 24.6 Å². The quantitative estimate of drug-likeness (QED) is 0.556. The number of imidazole rings is 1. The maximum Gasteiger partial charge on any atom is 0.332 e. The first kappa shape index (κ1) is 21.8. The molecule has 170 valence electrons. The van der Waals surface area contributed by atoms with Gasteiger partial charge in [0.1, 0.15) is 29.5 Å². The molecular formula is C22H28N6O4. The van der Waals surface area contributed by atoms with Gasteiger partial charge < -0.3 is 9.72 Å². The number of amidine groups is 1. The summed E-state index contributed by atoms with van der Waals surface area (Å²) in [5, 5.41) is 0. The Morgan fingerprint density at radius 1 is 1.09 bits per heavy atom. The van der Waals surface area contributed by atoms with E-state index in [0.717, 1.165) is 12.0 Å². The summed E-state index contributed by atoms with van der Waals surface area (Å²) in [6, 6.07) is 7.34. The molecule has 0 fully saturated rings. The monoisotopic (exact) mass is 440 g/mol. The van der Waals surface area contributed by atoms with E-state index in [9.17, 15) is 9.59 Å². The lowest BCUT2D eigenvalue weighted by Gasteiger charge is -2.19. The molecule has 10 heteroatoms. The summed E-state index contributed by atoms with van der Waals surface area (Å²) < 4.78 is 8.67. The molecule has 1 aliphatic heterocycles. The Hall–Kier alpha value is -3.40. The zero-order valence-corrected chi connectivity index (χ0v) is 18.8. The van der Waals surface area contributed by atoms with Crippen molar-refractivity contribution in [2.75, 3.05) is 6.61 Å². The number of benzene rings is 1. The summed E-state index contributed by atoms with van der Waals surface area (Å²) in [4.78, 5) is 43.2. The number of aliphatic imine (C=N–C) groups is 1. The van der Waals surface area contributed by atoms with Crippen LogP contribution in [-0.2, 0) is 17.9 Å². The Morgan fingerprint density at radius 3 is 2.41 bits per heavy atom. The molecular weight excluding hydrogens is 412 g/mol. The number of aromatic nitrogens is 4. The highest BCUT2D eigenvalue weighted by molar-refractivity contribution is 5.80. The Kier molecular flexibility index (Phi) is 5.88. The van der Waals surface area contributed by atoms with E-state index in [0.29, 0.717) is 48.1 Å². The smallest absolute Gasteiger partial charge is 0.332 e. The van der Waals surface area contributed by atoms with Crippen molar-refractivity contribution >= 4 is 17.0 Å². The zero-order chi connectivity index (χ0) is 22.9. The van der Waals surface area contributed by atoms with Gasteiger partial charge in [0.05, 0.1) is 0 Å². The maximum absolute atomic E-state index is 12.9. The molecule has 1 atom stereocenters. The largest absolute Gasteiger partial charge is 0.488 e. The lowest BCUT2D eigenvalue weighted by Crippen LogP contribution is -2.40. The molecule has 0 radical (unpaired) electrons. The number of nitrogens with zero attached hydrogens (tertiary/aromatic N) is 4. The van der Waals surface area contributed by atoms with Gasteiger partial charge in [0.15, 0.2) is 5.65 Å². The van der Waals surface area contributed by atoms with E-state index in [-0.39, 0.29) is 17.9 Å². The van der Waals surface area contributed by atoms with Crippen molar-refractivity contribution in [3.63, 3.8) is 0 Å². The minimum atomic E-state index is -0.775. The molecule has 0 saturated carbocycles. The molecule has 0 aliphatic carbocycles. The Bertz CT molecular complexity index is 1270. The first-order valence-corrected chi connectivity index (χ1v) is 10.8. The Balaban J connectivity index is 1.63. The maximum atomic E-state index is 12.9. The number of rotatable bonds is 8. The summed E-state index contributed by atoms with van der Waals surface area (Å²) in [5.74, 6) is 1.89. The van der Waals surface area contributed by atoms with Crippen molar-refractivity contribution in [2.24, 2.45) is 4.99 Å². The van der Waals surface area contributed by atoms with Gasteiger partial charge in [-0.3, -0.25) is 19.4 Å². The summed E-state index contributed by atoms with van der Waals surface area (Å²) >= 11 is 0. The highest BCUT2D eigenvalue weighted by Crippen LogP contribution is 2.23. The number of nitrogens with one attached hydrogen (secondary N) is 2. The number of hydroxylamine groups is 1. The molecule has 3 heterocycles. The number of H-pyrrole nitrogens is 1. The van der Waals surface area contributed by atoms with Crippen LogP contribution >= 0.6 is 0 Å². The third-order valence-electron chi connectivity index (χ3n) is 5.21. The van der Waals surface area contributed by atoms with Gasteiger partial charge >= 0.3 is 5.69 Å². The van der Waals surface area contributed by atoms with E-state index in [4.69, 9.17) is 9.57 Å². The molecule has 0 amide bonds. The summed E-state index contributed by atoms with van der Waals surface area (Å²) in [6.07, 6.45) is 1.45. The third-order valence-corrected chi connectivity index (χ3v) is 5.21. The summed E-state index contributed by atoms with van der Waals surface area (Å²) in [5.41, 5.74) is 2.81. The van der Waals surface area contributed by atoms with Gasteiger partial charge in [-0.2, -0.15) is 0 Å². The SMILES string of the molecule is CCCn1c(=O)c2[nH]c(-c3ccc(OCC4(C)N=C(C)NO4)cc3)nc2n(CCC)c1=O. The van der Waals surface area contributed by atoms with Gasteiger partial charge in [0, 0.05) is 18.7 Å². The van der Waals surface area contributed by atoms with Crippen LogP contribution in [0.3, 0.4) is 0 Å². The van der Waals surface area contributed by atoms with E-state index >= 15 is 0 Å². The van der Waals surface area contributed by atoms with E-state index < -0.39 is 5.72 Å². The molecule has 1 unspecified atom stereocenters. The second-order valence-electron chi connectivity index (χ2n) is 8.06. The Morgan fingerprint density at radius 2 is 1.78 bits per heavy atom. The fourth-order valence-electron chi connectivity index (χ4n) is 3.72. The highest BCUT2D eigenvalue weighted by Gasteiger charge is 2.31. The fraction of sp³-hybridized carbons (Fsp3) is 0.455. The standard InChI is InChI=1S/C22H28N6O4/c1-5-11-27-19-17(20(29)28(12-6-2)21(27)30)23-18(24-19)15-7-9-16(10-8-15)31-13-22(4)25-14(3)26-32-22/h7-10H,5-6,11-13H2,1-4H3,(H,23,24)(H,25,26). The van der Waals surface area contributed by atoms with Gasteiger partial charge in [-0.15, -0.1) is 0 Å². The number of hydrogen-bond acceptors (Lipinski definition) is 7. The molecule has 0 saturated heterocycles. The first-order valence-electron chi connectivity index (χ1n) is 10.8. The van der Waals surface area contributed by atoms with Gasteiger partial charge in [0.25, 0.3) is 5.56 Å². The van der Waals surface area contributed by atoms with Crippen molar-refractivity contribution < 1.29 is 9.57 Å². The second kappa shape index (κ2) is 8.62. The molecule has 0 spiro atoms. The lowest BCUT2D eigenvalue weighted by atomic mass is 10.2. The first-order chi connectivity index (χ1) is 15.3. The van der Waals surface area contributed by atoms with Crippen molar-refractivity contribution in [2.45, 2.75) is 59.4 Å². The van der Waals surface area contributed by atoms with E-state index in [2.05, 4.69) is 20.4 Å². The van der Waals surface area contributed by atoms with Crippen LogP contribution in [0.25, 0.3) is 22.6 Å². The molecule has 2 aromatic heterocycles. The average Bonchev–Trinajstić information content (AvgIpc) is 3.37. The summed E-state index contributed by atoms with van der Waals surface area (Å²) in [6.45, 7) is 8.70. The number of hydrogen-bond donors (Lipinski definition) is 2. The number of fused-ring (bicyclic) bond motifs is 1. The lowest BCUT2D eigenvalue weighted by molar-refractivity contribution is -0.0667. The number of aryl methyl sites for hydroxylation is 1. The molecule has 32 heavy (non-hydrogen) atoms. The molecule has 4 rings (SSSR count). The molecule has 10 nitrogen and oxygen atoms in total. The number of aromatic amines is 1. The van der Waals surface area contributed by atoms with Crippen LogP contribution in [0, 0.1) is 0 Å². The minimum Gasteiger partial charge on any atom is -0.488 e. The third kappa shape index (κ3) is 4.05. The van der Waals surface area contributed by atoms with Crippen LogP contribution in [0.5, 0.6) is 5.75 Å². The second-order valence-corrected chi connectivity index (χ2v) is 8.06. The average molecular weight is 441 g/mol. The molecule has 0 bridgehead atoms. The van der Waals surface area contributed by atoms with Crippen LogP contribution in [0.2, 0.25) is 0 Å². The van der Waals surface area contributed by atoms with Gasteiger partial charge in [-0.1, -0.05) is 13.8 Å². The topological polar surface area (TPSA) is 116 Å². The van der Waals surface area contributed by atoms with Gasteiger partial charge in [-0.05, 0) is 51.0 Å². The minimum absolute atomic E-state index is 0.252. The molecule has 1 aromatic carbocycles. The van der Waals surface area contributed by atoms with E-state index in [1.54, 1.807) is 4.57 Å². The van der Waals surface area contributed by atoms with Crippen molar-refractivity contribution in [3.8, 4) is 17.1 Å². The van der Waals surface area contributed by atoms with E-state index in [1.165, 1.54) is 4.57 Å². The van der Waals surface area contributed by atoms with Crippen molar-refractivity contribution in [1.29, 1.82) is 0 Å². The fourth-order valence-corrected chi connectivity index (χ4v) is 3.72. The van der Waals surface area contributed by atoms with E-state index in [1.807, 2.05) is 52.0 Å². The predicted octanol–water partition coefficient (Wildman–Crippen LogP) is 2.42. The normalized spacial score (nSPS) is 18.1. The molecule has 3 aromatic rings. The Labute approximate surface area is 184 Å². The van der Waals surface area contributed by atoms with Crippen LogP contribution < -0.4 is 21.5 Å². The van der Waals surface area contributed by atoms with Crippen LogP contribution in [0.1, 0.15) is 40.5 Å². The predicted molar refractivity (Wildman–Crippen MR) is 122 cm³/mol. The zero-order valence-electron chi connectivity index (χ0n) is 18.8. The van der Waals surface area contributed by atoms with Crippen LogP contribution in [0.15, 0.2) is 38.8 Å². The number of ether oxygens (including phenoxy) is 1. The van der Waals surface area contributed by atoms with Gasteiger partial charge in [-0.25, -0.2) is 19.6 Å². The summed E-state index contributed by atoms with van der Waals surface area (Å²) in [7, 11) is 0.